The number of phenols is 1. The number of ether oxygens (including phenoxy) is 5. The minimum absolute atomic E-state index is 0.00935. The number of phosphoric acid groups is 3. The summed E-state index contributed by atoms with van der Waals surface area (Å²) < 4.78 is 87.1. The van der Waals surface area contributed by atoms with E-state index in [9.17, 15) is 92.3 Å². The molecule has 10 rings (SSSR count). The van der Waals surface area contributed by atoms with E-state index in [0.29, 0.717) is 60.0 Å². The molecular formula is C65H76N9O30P3-2. The third kappa shape index (κ3) is 21.7. The number of nitrogens with zero attached hydrogens (tertiary/aromatic N) is 4. The minimum Gasteiger partial charge on any atom is -0.756 e. The van der Waals surface area contributed by atoms with Gasteiger partial charge in [0.15, 0.2) is 5.78 Å². The minimum atomic E-state index is -5.40. The fraction of sp³-hybridized carbons (Fsp3) is 0.446. The number of unbranched alkanes of at least 4 members (excludes halogenated alkanes) is 3. The summed E-state index contributed by atoms with van der Waals surface area (Å²) in [5.41, 5.74) is 4.40. The van der Waals surface area contributed by atoms with E-state index >= 15 is 0 Å². The zero-order valence-corrected chi connectivity index (χ0v) is 59.6. The number of nitrogen functional groups attached to an aromatic ring is 1. The van der Waals surface area contributed by atoms with Crippen LogP contribution in [0.3, 0.4) is 0 Å². The summed E-state index contributed by atoms with van der Waals surface area (Å²) in [6.07, 6.45) is -0.513. The highest BCUT2D eigenvalue weighted by Crippen LogP contribution is 2.53. The molecule has 2 aliphatic carbocycles. The van der Waals surface area contributed by atoms with Gasteiger partial charge in [0.05, 0.1) is 76.2 Å². The number of amides is 2. The van der Waals surface area contributed by atoms with Crippen molar-refractivity contribution >= 4 is 64.8 Å². The number of aromatic carboxylic acids is 1. The van der Waals surface area contributed by atoms with E-state index in [2.05, 4.69) is 25.6 Å². The zero-order chi connectivity index (χ0) is 76.9. The first kappa shape index (κ1) is 81.1. The van der Waals surface area contributed by atoms with E-state index in [1.807, 2.05) is 0 Å². The van der Waals surface area contributed by atoms with Crippen molar-refractivity contribution in [3.05, 3.63) is 188 Å². The van der Waals surface area contributed by atoms with Gasteiger partial charge in [-0.25, -0.2) is 19.2 Å². The van der Waals surface area contributed by atoms with Gasteiger partial charge in [0, 0.05) is 68.1 Å². The molecule has 5 aliphatic rings. The van der Waals surface area contributed by atoms with Crippen LogP contribution >= 0.6 is 23.8 Å². The molecule has 12 atom stereocenters. The van der Waals surface area contributed by atoms with Crippen molar-refractivity contribution < 1.29 is 119 Å². The van der Waals surface area contributed by atoms with Crippen molar-refractivity contribution in [1.82, 2.24) is 39.3 Å². The number of phosphoric ester groups is 3. The maximum Gasteiger partial charge on any atom is 0.377 e. The van der Waals surface area contributed by atoms with Gasteiger partial charge < -0.3 is 93.3 Å². The van der Waals surface area contributed by atoms with E-state index in [1.165, 1.54) is 61.8 Å². The number of carboxylic acid groups (broad SMARTS) is 1. The van der Waals surface area contributed by atoms with Crippen molar-refractivity contribution in [2.75, 3.05) is 78.3 Å². The van der Waals surface area contributed by atoms with Crippen LogP contribution in [-0.4, -0.2) is 187 Å². The van der Waals surface area contributed by atoms with Crippen molar-refractivity contribution in [3.63, 3.8) is 0 Å². The Labute approximate surface area is 606 Å². The number of allylic oxidation sites excluding steroid dienone is 5. The van der Waals surface area contributed by atoms with Gasteiger partial charge in [-0.2, -0.15) is 18.9 Å². The molecule has 5 aromatic rings. The first-order valence-corrected chi connectivity index (χ1v) is 37.8. The van der Waals surface area contributed by atoms with E-state index < -0.39 is 171 Å². The monoisotopic (exact) mass is 1560 g/mol. The lowest BCUT2D eigenvalue weighted by Crippen LogP contribution is -2.34. The number of carboxylic acids is 1. The highest BCUT2D eigenvalue weighted by molar-refractivity contribution is 7.52. The Morgan fingerprint density at radius 2 is 1.40 bits per heavy atom. The number of anilines is 1. The maximum atomic E-state index is 13.6. The quantitative estimate of drug-likeness (QED) is 0.0133. The number of nitrogens with two attached hydrogens (primary N) is 1. The number of ketones is 1. The SMILES string of the molecule is Cc1cn([C@H]2CC(O[P+]([O-])(O)OC[C@H]3O[C@@H](n4cc(/C=C/C(=O)NCCCCCCNC(=O)c5ccc(C(=O)O)c(C6=C7C=CC(=O)C=C7Cc7cc(O)ccc76)c5)c(=O)[nH]c4=O)CC3OP(=O)([O-])OCCOCCOCCOP(=O)([O-])OC[C@H]3O[C@@H](n4ccc(N)nc4=O)CC3O)[C@@H](CO)O2)c(=O)[nH]c1=O. The van der Waals surface area contributed by atoms with Crippen LogP contribution < -0.4 is 59.2 Å². The van der Waals surface area contributed by atoms with Crippen LogP contribution in [0.4, 0.5) is 5.82 Å². The van der Waals surface area contributed by atoms with Gasteiger partial charge in [-0.05, 0) is 114 Å². The second kappa shape index (κ2) is 36.2. The standard InChI is InChI=1S/C65H78N9O30P3/c1-36-31-73(64(86)70-59(36)80)56-29-48(50(33-75)100-56)103-107(92,93)99-35-52-49(104-106(90,91)97-23-21-95-19-18-94-20-22-96-105(88,89)98-34-51-47(78)28-55(101-51)72-17-14-53(66)69-63(72)85)30-57(102-52)74-32-38(61(82)71-65(74)87)7-13-54(79)67-15-4-2-3-5-16-68-60(81)37-6-10-45(62(83)84)46(27-37)58-43-11-8-41(76)25-39(43)24-40-26-42(77)9-12-44(40)58/h6-14,17,25-27,31-32,47-52,55-57,75-76,78H,2-5,15-16,18-24,28-30,33-35H2,1H3,(H,67,79)(H,68,81)(H,83,84)(H,88,89)(H,90,91)(H,92,93)(H2,66,69,85)(H,70,80,86)(H,71,82,87)/p-2/b13-7+/t47?,48?,49?,50-,51-,52-,55-,56-,57-/m1/s1. The number of hydrogen-bond acceptors (Lipinski definition) is 31. The molecule has 3 aromatic heterocycles. The molecule has 3 saturated heterocycles. The van der Waals surface area contributed by atoms with Crippen molar-refractivity contribution in [2.24, 2.45) is 0 Å². The Morgan fingerprint density at radius 1 is 0.757 bits per heavy atom. The van der Waals surface area contributed by atoms with Crippen molar-refractivity contribution in [2.45, 2.75) is 114 Å². The molecule has 39 nitrogen and oxygen atoms in total. The van der Waals surface area contributed by atoms with Gasteiger partial charge in [-0.1, -0.05) is 25.0 Å². The highest BCUT2D eigenvalue weighted by atomic mass is 31.2. The number of carbonyl (C=O) groups excluding carboxylic acids is 3. The summed E-state index contributed by atoms with van der Waals surface area (Å²) in [5.74, 6) is -2.64. The molecule has 6 heterocycles. The molecule has 107 heavy (non-hydrogen) atoms. The molecule has 3 fully saturated rings. The van der Waals surface area contributed by atoms with Crippen LogP contribution in [0.1, 0.15) is 112 Å². The second-order valence-electron chi connectivity index (χ2n) is 24.8. The number of hydrogen-bond donors (Lipinski definition) is 10. The average molecular weight is 1560 g/mol. The normalized spacial score (nSPS) is 23.0. The number of benzene rings is 2. The molecule has 2 amide bonds. The largest absolute Gasteiger partial charge is 0.756 e. The van der Waals surface area contributed by atoms with Crippen LogP contribution in [0.15, 0.2) is 120 Å². The predicted octanol–water partition coefficient (Wildman–Crippen LogP) is -0.766. The molecule has 0 radical (unpaired) electrons. The van der Waals surface area contributed by atoms with E-state index in [-0.39, 0.29) is 90.9 Å². The molecule has 11 N–H and O–H groups in total. The molecule has 42 heteroatoms. The van der Waals surface area contributed by atoms with Gasteiger partial charge in [0.2, 0.25) is 5.91 Å². The number of phenolic OH excluding ortho intramolecular Hbond substituents is 1. The molecule has 0 saturated carbocycles. The van der Waals surface area contributed by atoms with E-state index in [1.54, 1.807) is 18.2 Å². The maximum absolute atomic E-state index is 13.6. The highest BCUT2D eigenvalue weighted by Gasteiger charge is 2.47. The third-order valence-electron chi connectivity index (χ3n) is 17.3. The number of aromatic nitrogens is 6. The number of fused-ring (bicyclic) bond motifs is 2. The lowest BCUT2D eigenvalue weighted by atomic mass is 9.76. The molecular weight excluding hydrogens is 1480 g/mol. The number of aliphatic hydroxyl groups is 2. The molecule has 6 unspecified atom stereocenters. The number of nitrogens with one attached hydrogen (secondary N) is 4. The topological polar surface area (TPSA) is 569 Å². The first-order valence-electron chi connectivity index (χ1n) is 33.4. The second-order valence-corrected chi connectivity index (χ2v) is 29.0. The molecule has 578 valence electrons. The number of H-pyrrole nitrogens is 2. The van der Waals surface area contributed by atoms with Crippen LogP contribution in [0.2, 0.25) is 0 Å². The number of aromatic hydroxyl groups is 1. The summed E-state index contributed by atoms with van der Waals surface area (Å²) >= 11 is 0. The summed E-state index contributed by atoms with van der Waals surface area (Å²) in [5, 5.41) is 46.5. The lowest BCUT2D eigenvalue weighted by molar-refractivity contribution is -0.252. The summed E-state index contributed by atoms with van der Waals surface area (Å²) in [4.78, 5) is 173. The zero-order valence-electron chi connectivity index (χ0n) is 56.9. The smallest absolute Gasteiger partial charge is 0.377 e. The number of aromatic amines is 2. The Bertz CT molecular complexity index is 4660. The Hall–Kier alpha value is -8.47. The third-order valence-corrected chi connectivity index (χ3v) is 20.3. The fourth-order valence-corrected chi connectivity index (χ4v) is 14.7. The first-order chi connectivity index (χ1) is 50.9. The Balaban J connectivity index is 0.688. The summed E-state index contributed by atoms with van der Waals surface area (Å²) in [6, 6.07) is 10.3. The average Bonchev–Trinajstić information content (AvgIpc) is 1.49. The number of carbonyl (C=O) groups is 4. The van der Waals surface area contributed by atoms with Crippen LogP contribution in [0.25, 0.3) is 11.6 Å². The van der Waals surface area contributed by atoms with Crippen molar-refractivity contribution in [1.29, 1.82) is 0 Å². The van der Waals surface area contributed by atoms with Crippen molar-refractivity contribution in [3.8, 4) is 5.75 Å². The molecule has 0 bridgehead atoms. The predicted molar refractivity (Wildman–Crippen MR) is 365 cm³/mol. The van der Waals surface area contributed by atoms with Gasteiger partial charge in [0.25, 0.3) is 32.7 Å². The van der Waals surface area contributed by atoms with Gasteiger partial charge in [0.1, 0.15) is 61.3 Å². The lowest BCUT2D eigenvalue weighted by Gasteiger charge is -2.29. The Kier molecular flexibility index (Phi) is 27.4. The summed E-state index contributed by atoms with van der Waals surface area (Å²) in [7, 11) is -15.6. The number of aliphatic hydroxyl groups excluding tert-OH is 2. The van der Waals surface area contributed by atoms with Gasteiger partial charge >= 0.3 is 31.2 Å². The molecule has 2 aromatic carbocycles. The van der Waals surface area contributed by atoms with Gasteiger partial charge in [-0.3, -0.25) is 56.8 Å². The van der Waals surface area contributed by atoms with E-state index in [0.717, 1.165) is 32.1 Å². The number of aryl methyl sites for hydroxylation is 1. The van der Waals surface area contributed by atoms with Crippen LogP contribution in [-0.2, 0) is 76.0 Å². The number of rotatable bonds is 37. The fourth-order valence-electron chi connectivity index (χ4n) is 12.1. The summed E-state index contributed by atoms with van der Waals surface area (Å²) in [6.45, 7) is -2.78. The molecule has 3 aliphatic heterocycles. The van der Waals surface area contributed by atoms with E-state index in [4.69, 9.17) is 56.6 Å². The van der Waals surface area contributed by atoms with Gasteiger partial charge in [-0.15, -0.1) is 0 Å². The van der Waals surface area contributed by atoms with Crippen LogP contribution in [0.5, 0.6) is 5.75 Å². The van der Waals surface area contributed by atoms with Crippen LogP contribution in [0, 0.1) is 6.92 Å². The molecule has 0 spiro atoms. The Morgan fingerprint density at radius 3 is 2.10 bits per heavy atom.